The third-order valence-corrected chi connectivity index (χ3v) is 4.74. The van der Waals surface area contributed by atoms with E-state index < -0.39 is 0 Å². The Morgan fingerprint density at radius 1 is 1.47 bits per heavy atom. The van der Waals surface area contributed by atoms with Gasteiger partial charge in [-0.15, -0.1) is 0 Å². The number of rotatable bonds is 5. The molecule has 2 nitrogen and oxygen atoms in total. The molecule has 19 heavy (non-hydrogen) atoms. The van der Waals surface area contributed by atoms with E-state index >= 15 is 0 Å². The molecule has 1 heterocycles. The van der Waals surface area contributed by atoms with Crippen LogP contribution in [-0.2, 0) is 6.54 Å². The Morgan fingerprint density at radius 3 is 2.95 bits per heavy atom. The molecule has 2 rings (SSSR count). The largest absolute Gasteiger partial charge is 0.316 e. The molecule has 0 aliphatic carbocycles. The molecule has 106 valence electrons. The minimum absolute atomic E-state index is 0.787. The number of halogens is 2. The lowest BCUT2D eigenvalue weighted by atomic mass is 9.99. The van der Waals surface area contributed by atoms with Crippen molar-refractivity contribution in [3.05, 3.63) is 33.3 Å². The molecule has 1 fully saturated rings. The van der Waals surface area contributed by atoms with Gasteiger partial charge in [-0.2, -0.15) is 0 Å². The van der Waals surface area contributed by atoms with Crippen molar-refractivity contribution in [1.82, 2.24) is 10.2 Å². The lowest BCUT2D eigenvalue weighted by Crippen LogP contribution is -2.38. The summed E-state index contributed by atoms with van der Waals surface area (Å²) >= 11 is 9.60. The molecule has 1 N–H and O–H groups in total. The summed E-state index contributed by atoms with van der Waals surface area (Å²) in [6, 6.07) is 6.07. The highest BCUT2D eigenvalue weighted by atomic mass is 79.9. The molecule has 0 spiro atoms. The quantitative estimate of drug-likeness (QED) is 0.870. The summed E-state index contributed by atoms with van der Waals surface area (Å²) in [5.74, 6) is 0.791. The first-order chi connectivity index (χ1) is 9.19. The Morgan fingerprint density at radius 2 is 2.32 bits per heavy atom. The van der Waals surface area contributed by atoms with E-state index in [0.29, 0.717) is 0 Å². The molecule has 4 heteroatoms. The van der Waals surface area contributed by atoms with Crippen molar-refractivity contribution in [3.63, 3.8) is 0 Å². The fourth-order valence-electron chi connectivity index (χ4n) is 2.64. The number of nitrogens with one attached hydrogen (secondary N) is 1. The monoisotopic (exact) mass is 344 g/mol. The summed E-state index contributed by atoms with van der Waals surface area (Å²) in [6.45, 7) is 7.85. The molecule has 1 aliphatic heterocycles. The molecule has 1 saturated heterocycles. The Hall–Kier alpha value is -0.0900. The number of hydrogen-bond donors (Lipinski definition) is 1. The SMILES string of the molecule is CCN(Cc1ccc(Cl)cc1Br)CC1CCCNC1. The fourth-order valence-corrected chi connectivity index (χ4v) is 3.45. The second-order valence-electron chi connectivity index (χ2n) is 5.28. The molecule has 0 bridgehead atoms. The van der Waals surface area contributed by atoms with Crippen molar-refractivity contribution in [2.24, 2.45) is 5.92 Å². The van der Waals surface area contributed by atoms with Crippen LogP contribution in [0.3, 0.4) is 0 Å². The van der Waals surface area contributed by atoms with Crippen LogP contribution in [0.15, 0.2) is 22.7 Å². The van der Waals surface area contributed by atoms with E-state index in [1.54, 1.807) is 0 Å². The number of benzene rings is 1. The van der Waals surface area contributed by atoms with Crippen LogP contribution in [0.4, 0.5) is 0 Å². The summed E-state index contributed by atoms with van der Waals surface area (Å²) < 4.78 is 1.11. The minimum Gasteiger partial charge on any atom is -0.316 e. The van der Waals surface area contributed by atoms with E-state index in [1.807, 2.05) is 12.1 Å². The van der Waals surface area contributed by atoms with Gasteiger partial charge in [0, 0.05) is 22.6 Å². The van der Waals surface area contributed by atoms with Crippen molar-refractivity contribution in [3.8, 4) is 0 Å². The van der Waals surface area contributed by atoms with Gasteiger partial charge < -0.3 is 5.32 Å². The van der Waals surface area contributed by atoms with Gasteiger partial charge in [0.25, 0.3) is 0 Å². The number of hydrogen-bond acceptors (Lipinski definition) is 2. The van der Waals surface area contributed by atoms with E-state index in [0.717, 1.165) is 35.0 Å². The molecule has 1 atom stereocenters. The molecule has 0 aromatic heterocycles. The Labute approximate surface area is 129 Å². The van der Waals surface area contributed by atoms with Crippen molar-refractivity contribution in [2.45, 2.75) is 26.3 Å². The lowest BCUT2D eigenvalue weighted by Gasteiger charge is -2.29. The third-order valence-electron chi connectivity index (χ3n) is 3.77. The molecular weight excluding hydrogens is 324 g/mol. The van der Waals surface area contributed by atoms with Gasteiger partial charge in [0.15, 0.2) is 0 Å². The summed E-state index contributed by atoms with van der Waals surface area (Å²) in [4.78, 5) is 2.52. The molecule has 1 aromatic carbocycles. The zero-order valence-electron chi connectivity index (χ0n) is 11.5. The highest BCUT2D eigenvalue weighted by Crippen LogP contribution is 2.23. The average molecular weight is 346 g/mol. The lowest BCUT2D eigenvalue weighted by molar-refractivity contribution is 0.209. The van der Waals surface area contributed by atoms with Crippen LogP contribution >= 0.6 is 27.5 Å². The van der Waals surface area contributed by atoms with Gasteiger partial charge in [0.05, 0.1) is 0 Å². The van der Waals surface area contributed by atoms with Crippen LogP contribution < -0.4 is 5.32 Å². The third kappa shape index (κ3) is 4.75. The maximum atomic E-state index is 5.99. The highest BCUT2D eigenvalue weighted by Gasteiger charge is 2.16. The van der Waals surface area contributed by atoms with Gasteiger partial charge in [0.1, 0.15) is 0 Å². The zero-order valence-corrected chi connectivity index (χ0v) is 13.8. The Bertz CT molecular complexity index is 405. The Kier molecular flexibility index (Phi) is 6.14. The van der Waals surface area contributed by atoms with Gasteiger partial charge in [-0.25, -0.2) is 0 Å². The normalized spacial score (nSPS) is 19.9. The first-order valence-electron chi connectivity index (χ1n) is 7.06. The van der Waals surface area contributed by atoms with Crippen LogP contribution in [0.1, 0.15) is 25.3 Å². The van der Waals surface area contributed by atoms with E-state index in [4.69, 9.17) is 11.6 Å². The van der Waals surface area contributed by atoms with Gasteiger partial charge >= 0.3 is 0 Å². The molecule has 0 saturated carbocycles. The summed E-state index contributed by atoms with van der Waals surface area (Å²) in [5.41, 5.74) is 1.31. The Balaban J connectivity index is 1.94. The fraction of sp³-hybridized carbons (Fsp3) is 0.600. The smallest absolute Gasteiger partial charge is 0.0417 e. The molecule has 0 amide bonds. The molecule has 1 aliphatic rings. The topological polar surface area (TPSA) is 15.3 Å². The molecule has 0 radical (unpaired) electrons. The predicted octanol–water partition coefficient (Wildman–Crippen LogP) is 3.92. The highest BCUT2D eigenvalue weighted by molar-refractivity contribution is 9.10. The maximum absolute atomic E-state index is 5.99. The van der Waals surface area contributed by atoms with E-state index in [9.17, 15) is 0 Å². The van der Waals surface area contributed by atoms with Gasteiger partial charge in [-0.3, -0.25) is 4.90 Å². The van der Waals surface area contributed by atoms with Crippen LogP contribution in [0.25, 0.3) is 0 Å². The van der Waals surface area contributed by atoms with Gasteiger partial charge in [-0.05, 0) is 56.1 Å². The first kappa shape index (κ1) is 15.3. The first-order valence-corrected chi connectivity index (χ1v) is 8.23. The standard InChI is InChI=1S/C15H22BrClN2/c1-2-19(10-12-4-3-7-18-9-12)11-13-5-6-14(17)8-15(13)16/h5-6,8,12,18H,2-4,7,9-11H2,1H3. The summed E-state index contributed by atoms with van der Waals surface area (Å²) in [6.07, 6.45) is 2.66. The van der Waals surface area contributed by atoms with Crippen molar-refractivity contribution >= 4 is 27.5 Å². The van der Waals surface area contributed by atoms with E-state index in [2.05, 4.69) is 39.1 Å². The molecule has 1 unspecified atom stereocenters. The van der Waals surface area contributed by atoms with Crippen molar-refractivity contribution < 1.29 is 0 Å². The van der Waals surface area contributed by atoms with Crippen LogP contribution in [-0.4, -0.2) is 31.1 Å². The van der Waals surface area contributed by atoms with Crippen molar-refractivity contribution in [2.75, 3.05) is 26.2 Å². The number of nitrogens with zero attached hydrogens (tertiary/aromatic N) is 1. The summed E-state index contributed by atoms with van der Waals surface area (Å²) in [5, 5.41) is 4.28. The van der Waals surface area contributed by atoms with Crippen molar-refractivity contribution in [1.29, 1.82) is 0 Å². The second kappa shape index (κ2) is 7.63. The van der Waals surface area contributed by atoms with Crippen LogP contribution in [0.5, 0.6) is 0 Å². The van der Waals surface area contributed by atoms with Gasteiger partial charge in [0.2, 0.25) is 0 Å². The van der Waals surface area contributed by atoms with Crippen LogP contribution in [0, 0.1) is 5.92 Å². The average Bonchev–Trinajstić information content (AvgIpc) is 2.42. The van der Waals surface area contributed by atoms with E-state index in [1.165, 1.54) is 31.5 Å². The predicted molar refractivity (Wildman–Crippen MR) is 85.7 cm³/mol. The van der Waals surface area contributed by atoms with Crippen LogP contribution in [0.2, 0.25) is 5.02 Å². The van der Waals surface area contributed by atoms with Gasteiger partial charge in [-0.1, -0.05) is 40.5 Å². The molecular formula is C15H22BrClN2. The minimum atomic E-state index is 0.787. The summed E-state index contributed by atoms with van der Waals surface area (Å²) in [7, 11) is 0. The van der Waals surface area contributed by atoms with E-state index in [-0.39, 0.29) is 0 Å². The number of piperidine rings is 1. The molecule has 1 aromatic rings. The second-order valence-corrected chi connectivity index (χ2v) is 6.57. The zero-order chi connectivity index (χ0) is 13.7. The maximum Gasteiger partial charge on any atom is 0.0417 e.